The maximum Gasteiger partial charge on any atom is 0.254 e. The molecule has 2 unspecified atom stereocenters. The first kappa shape index (κ1) is 14.2. The van der Waals surface area contributed by atoms with Gasteiger partial charge in [-0.2, -0.15) is 0 Å². The topological polar surface area (TPSA) is 29.1 Å². The monoisotopic (exact) mass is 301 g/mol. The van der Waals surface area contributed by atoms with E-state index in [9.17, 15) is 9.18 Å². The summed E-state index contributed by atoms with van der Waals surface area (Å²) in [6, 6.07) is 4.62. The van der Waals surface area contributed by atoms with Gasteiger partial charge in [0.15, 0.2) is 0 Å². The van der Waals surface area contributed by atoms with Crippen molar-refractivity contribution < 1.29 is 9.18 Å². The standard InChI is InChI=1S/C13H17BrFNO/c1-8-4-5-11(12(15)6-8)13(17)16-10(3)9(2)7-14/h4-6,9-10H,7H2,1-3H3,(H,16,17). The van der Waals surface area contributed by atoms with Crippen molar-refractivity contribution in [3.63, 3.8) is 0 Å². The Kier molecular flexibility index (Phi) is 5.12. The van der Waals surface area contributed by atoms with Gasteiger partial charge in [-0.1, -0.05) is 28.9 Å². The van der Waals surface area contributed by atoms with Crippen molar-refractivity contribution in [1.82, 2.24) is 5.32 Å². The van der Waals surface area contributed by atoms with Gasteiger partial charge in [-0.3, -0.25) is 4.79 Å². The minimum Gasteiger partial charge on any atom is -0.349 e. The Morgan fingerprint density at radius 2 is 2.12 bits per heavy atom. The van der Waals surface area contributed by atoms with Crippen LogP contribution in [0.2, 0.25) is 0 Å². The van der Waals surface area contributed by atoms with Crippen LogP contribution in [0.4, 0.5) is 4.39 Å². The van der Waals surface area contributed by atoms with Gasteiger partial charge in [0.25, 0.3) is 5.91 Å². The second-order valence-corrected chi connectivity index (χ2v) is 5.02. The van der Waals surface area contributed by atoms with E-state index >= 15 is 0 Å². The maximum atomic E-state index is 13.6. The summed E-state index contributed by atoms with van der Waals surface area (Å²) in [6.45, 7) is 5.72. The predicted octanol–water partition coefficient (Wildman–Crippen LogP) is 3.28. The van der Waals surface area contributed by atoms with E-state index in [4.69, 9.17) is 0 Å². The van der Waals surface area contributed by atoms with Crippen LogP contribution < -0.4 is 5.32 Å². The van der Waals surface area contributed by atoms with Crippen LogP contribution in [-0.4, -0.2) is 17.3 Å². The first-order valence-corrected chi connectivity index (χ1v) is 6.70. The number of carbonyl (C=O) groups is 1. The number of benzene rings is 1. The fraction of sp³-hybridized carbons (Fsp3) is 0.462. The first-order chi connectivity index (χ1) is 7.95. The molecule has 0 fully saturated rings. The van der Waals surface area contributed by atoms with Gasteiger partial charge < -0.3 is 5.32 Å². The van der Waals surface area contributed by atoms with Crippen molar-refractivity contribution in [1.29, 1.82) is 0 Å². The van der Waals surface area contributed by atoms with Crippen molar-refractivity contribution in [2.45, 2.75) is 26.8 Å². The van der Waals surface area contributed by atoms with Crippen LogP contribution in [0.3, 0.4) is 0 Å². The molecule has 0 spiro atoms. The Morgan fingerprint density at radius 3 is 2.65 bits per heavy atom. The van der Waals surface area contributed by atoms with Crippen LogP contribution >= 0.6 is 15.9 Å². The van der Waals surface area contributed by atoms with Gasteiger partial charge in [0, 0.05) is 11.4 Å². The molecule has 0 aromatic heterocycles. The summed E-state index contributed by atoms with van der Waals surface area (Å²) in [7, 11) is 0. The molecule has 0 radical (unpaired) electrons. The molecule has 1 rings (SSSR count). The highest BCUT2D eigenvalue weighted by molar-refractivity contribution is 9.09. The summed E-state index contributed by atoms with van der Waals surface area (Å²) in [5.74, 6) is -0.531. The van der Waals surface area contributed by atoms with Crippen molar-refractivity contribution >= 4 is 21.8 Å². The molecule has 0 heterocycles. The highest BCUT2D eigenvalue weighted by atomic mass is 79.9. The molecule has 0 saturated carbocycles. The molecule has 2 atom stereocenters. The van der Waals surface area contributed by atoms with Crippen molar-refractivity contribution in [2.75, 3.05) is 5.33 Å². The Bertz CT molecular complexity index is 408. The van der Waals surface area contributed by atoms with Gasteiger partial charge in [0.05, 0.1) is 5.56 Å². The minimum atomic E-state index is -0.471. The predicted molar refractivity (Wildman–Crippen MR) is 71.0 cm³/mol. The highest BCUT2D eigenvalue weighted by Gasteiger charge is 2.17. The second-order valence-electron chi connectivity index (χ2n) is 4.38. The molecule has 0 bridgehead atoms. The molecule has 2 nitrogen and oxygen atoms in total. The van der Waals surface area contributed by atoms with Gasteiger partial charge in [0.1, 0.15) is 5.82 Å². The average Bonchev–Trinajstić information content (AvgIpc) is 2.27. The fourth-order valence-corrected chi connectivity index (χ4v) is 1.93. The van der Waals surface area contributed by atoms with E-state index in [0.29, 0.717) is 5.92 Å². The third kappa shape index (κ3) is 3.80. The lowest BCUT2D eigenvalue weighted by atomic mass is 10.1. The molecule has 0 aliphatic rings. The lowest BCUT2D eigenvalue weighted by molar-refractivity contribution is 0.0927. The fourth-order valence-electron chi connectivity index (χ4n) is 1.36. The Labute approximate surface area is 110 Å². The number of carbonyl (C=O) groups excluding carboxylic acids is 1. The zero-order chi connectivity index (χ0) is 13.0. The SMILES string of the molecule is Cc1ccc(C(=O)NC(C)C(C)CBr)c(F)c1. The summed E-state index contributed by atoms with van der Waals surface area (Å²) in [6.07, 6.45) is 0. The van der Waals surface area contributed by atoms with Gasteiger partial charge in [-0.05, 0) is 37.5 Å². The van der Waals surface area contributed by atoms with Crippen molar-refractivity contribution in [3.05, 3.63) is 35.1 Å². The first-order valence-electron chi connectivity index (χ1n) is 5.58. The molecular formula is C13H17BrFNO. The lowest BCUT2D eigenvalue weighted by Gasteiger charge is -2.19. The zero-order valence-electron chi connectivity index (χ0n) is 10.3. The number of halogens is 2. The quantitative estimate of drug-likeness (QED) is 0.850. The molecule has 1 N–H and O–H groups in total. The Morgan fingerprint density at radius 1 is 1.47 bits per heavy atom. The largest absolute Gasteiger partial charge is 0.349 e. The van der Waals surface area contributed by atoms with E-state index in [2.05, 4.69) is 21.2 Å². The molecule has 0 saturated heterocycles. The third-order valence-electron chi connectivity index (χ3n) is 2.82. The smallest absolute Gasteiger partial charge is 0.254 e. The normalized spacial score (nSPS) is 14.2. The molecule has 0 aliphatic heterocycles. The minimum absolute atomic E-state index is 0.00239. The zero-order valence-corrected chi connectivity index (χ0v) is 11.8. The average molecular weight is 302 g/mol. The molecule has 1 aromatic carbocycles. The van der Waals surface area contributed by atoms with E-state index in [1.165, 1.54) is 12.1 Å². The van der Waals surface area contributed by atoms with Crippen LogP contribution in [-0.2, 0) is 0 Å². The third-order valence-corrected chi connectivity index (χ3v) is 3.85. The number of alkyl halides is 1. The molecule has 0 aliphatic carbocycles. The molecule has 94 valence electrons. The number of aryl methyl sites for hydroxylation is 1. The van der Waals surface area contributed by atoms with Gasteiger partial charge >= 0.3 is 0 Å². The van der Waals surface area contributed by atoms with Crippen LogP contribution in [0, 0.1) is 18.7 Å². The second kappa shape index (κ2) is 6.15. The van der Waals surface area contributed by atoms with Crippen LogP contribution in [0.15, 0.2) is 18.2 Å². The van der Waals surface area contributed by atoms with E-state index < -0.39 is 5.82 Å². The summed E-state index contributed by atoms with van der Waals surface area (Å²) in [5.41, 5.74) is 0.908. The molecule has 17 heavy (non-hydrogen) atoms. The van der Waals surface area contributed by atoms with Crippen LogP contribution in [0.1, 0.15) is 29.8 Å². The van der Waals surface area contributed by atoms with Gasteiger partial charge in [-0.25, -0.2) is 4.39 Å². The maximum absolute atomic E-state index is 13.6. The molecule has 1 amide bonds. The summed E-state index contributed by atoms with van der Waals surface area (Å²) in [4.78, 5) is 11.8. The van der Waals surface area contributed by atoms with Crippen molar-refractivity contribution in [3.8, 4) is 0 Å². The van der Waals surface area contributed by atoms with Crippen molar-refractivity contribution in [2.24, 2.45) is 5.92 Å². The summed E-state index contributed by atoms with van der Waals surface area (Å²) in [5, 5.41) is 3.59. The van der Waals surface area contributed by atoms with Gasteiger partial charge in [0.2, 0.25) is 0 Å². The molecule has 1 aromatic rings. The lowest BCUT2D eigenvalue weighted by Crippen LogP contribution is -2.38. The Hall–Kier alpha value is -0.900. The van der Waals surface area contributed by atoms with E-state index in [1.54, 1.807) is 13.0 Å². The van der Waals surface area contributed by atoms with E-state index in [1.807, 2.05) is 13.8 Å². The van der Waals surface area contributed by atoms with E-state index in [-0.39, 0.29) is 17.5 Å². The highest BCUT2D eigenvalue weighted by Crippen LogP contribution is 2.12. The van der Waals surface area contributed by atoms with E-state index in [0.717, 1.165) is 10.9 Å². The summed E-state index contributed by atoms with van der Waals surface area (Å²) >= 11 is 3.36. The number of amides is 1. The molecular weight excluding hydrogens is 285 g/mol. The number of nitrogens with one attached hydrogen (secondary N) is 1. The Balaban J connectivity index is 2.76. The number of hydrogen-bond donors (Lipinski definition) is 1. The number of hydrogen-bond acceptors (Lipinski definition) is 1. The van der Waals surface area contributed by atoms with Crippen LogP contribution in [0.5, 0.6) is 0 Å². The molecule has 4 heteroatoms. The summed E-state index contributed by atoms with van der Waals surface area (Å²) < 4.78 is 13.6. The van der Waals surface area contributed by atoms with Gasteiger partial charge in [-0.15, -0.1) is 0 Å². The van der Waals surface area contributed by atoms with Crippen LogP contribution in [0.25, 0.3) is 0 Å². The number of rotatable bonds is 4.